The molecular weight excluding hydrogens is 703 g/mol. The number of benzene rings is 10. The molecule has 1 heterocycles. The summed E-state index contributed by atoms with van der Waals surface area (Å²) in [7, 11) is 0. The van der Waals surface area contributed by atoms with Crippen LogP contribution in [0.15, 0.2) is 212 Å². The Kier molecular flexibility index (Phi) is 7.24. The third-order valence-electron chi connectivity index (χ3n) is 12.5. The summed E-state index contributed by atoms with van der Waals surface area (Å²) >= 11 is 0. The summed E-state index contributed by atoms with van der Waals surface area (Å²) in [5.74, 6) is 0.912. The average molecular weight is 740 g/mol. The maximum Gasteiger partial charge on any atom is 0.196 e. The van der Waals surface area contributed by atoms with Crippen molar-refractivity contribution in [3.05, 3.63) is 240 Å². The van der Waals surface area contributed by atoms with Crippen LogP contribution in [0, 0.1) is 0 Å². The zero-order valence-corrected chi connectivity index (χ0v) is 31.7. The van der Waals surface area contributed by atoms with Crippen LogP contribution in [0.3, 0.4) is 0 Å². The lowest BCUT2D eigenvalue weighted by atomic mass is 9.67. The molecule has 0 spiro atoms. The van der Waals surface area contributed by atoms with Crippen LogP contribution in [-0.4, -0.2) is 0 Å². The van der Waals surface area contributed by atoms with Gasteiger partial charge in [0, 0.05) is 10.9 Å². The third kappa shape index (κ3) is 4.92. The molecule has 1 unspecified atom stereocenters. The van der Waals surface area contributed by atoms with Crippen molar-refractivity contribution in [2.75, 3.05) is 5.32 Å². The number of fused-ring (bicyclic) bond motifs is 9. The number of hydrogen-bond acceptors (Lipinski definition) is 2. The molecule has 2 heteroatoms. The fourth-order valence-corrected chi connectivity index (χ4v) is 9.83. The van der Waals surface area contributed by atoms with Gasteiger partial charge in [0.1, 0.15) is 0 Å². The van der Waals surface area contributed by atoms with Gasteiger partial charge < -0.3 is 10.1 Å². The summed E-state index contributed by atoms with van der Waals surface area (Å²) in [5.41, 5.74) is 14.1. The van der Waals surface area contributed by atoms with Crippen molar-refractivity contribution in [2.24, 2.45) is 0 Å². The zero-order valence-electron chi connectivity index (χ0n) is 31.7. The molecule has 10 aromatic carbocycles. The Balaban J connectivity index is 1.01. The van der Waals surface area contributed by atoms with Gasteiger partial charge in [-0.15, -0.1) is 0 Å². The second-order valence-corrected chi connectivity index (χ2v) is 15.7. The van der Waals surface area contributed by atoms with Gasteiger partial charge in [0.25, 0.3) is 0 Å². The Bertz CT molecular complexity index is 3190. The van der Waals surface area contributed by atoms with Crippen LogP contribution in [0.25, 0.3) is 65.7 Å². The van der Waals surface area contributed by atoms with E-state index in [-0.39, 0.29) is 6.23 Å². The molecule has 0 fully saturated rings. The van der Waals surface area contributed by atoms with E-state index < -0.39 is 5.41 Å². The first kappa shape index (κ1) is 32.8. The Morgan fingerprint density at radius 3 is 1.71 bits per heavy atom. The molecule has 272 valence electrons. The number of anilines is 1. The van der Waals surface area contributed by atoms with E-state index in [9.17, 15) is 0 Å². The first-order valence-electron chi connectivity index (χ1n) is 20.1. The summed E-state index contributed by atoms with van der Waals surface area (Å²) in [6, 6.07) is 77.9. The van der Waals surface area contributed by atoms with Gasteiger partial charge in [-0.1, -0.05) is 176 Å². The second-order valence-electron chi connectivity index (χ2n) is 15.7. The first-order valence-corrected chi connectivity index (χ1v) is 20.1. The van der Waals surface area contributed by atoms with Gasteiger partial charge in [-0.25, -0.2) is 0 Å². The van der Waals surface area contributed by atoms with Crippen molar-refractivity contribution < 1.29 is 4.74 Å². The molecule has 2 nitrogen and oxygen atoms in total. The van der Waals surface area contributed by atoms with Gasteiger partial charge in [-0.3, -0.25) is 0 Å². The quantitative estimate of drug-likeness (QED) is 0.178. The largest absolute Gasteiger partial charge is 0.464 e. The zero-order chi connectivity index (χ0) is 38.2. The van der Waals surface area contributed by atoms with Gasteiger partial charge in [0.15, 0.2) is 12.0 Å². The lowest BCUT2D eigenvalue weighted by Gasteiger charge is -2.34. The average Bonchev–Trinajstić information content (AvgIpc) is 3.86. The molecule has 1 N–H and O–H groups in total. The van der Waals surface area contributed by atoms with Crippen molar-refractivity contribution in [2.45, 2.75) is 11.6 Å². The molecule has 1 aliphatic carbocycles. The van der Waals surface area contributed by atoms with Crippen LogP contribution in [0.4, 0.5) is 5.69 Å². The molecule has 0 saturated carbocycles. The Morgan fingerprint density at radius 2 is 0.966 bits per heavy atom. The molecule has 10 aromatic rings. The van der Waals surface area contributed by atoms with E-state index in [0.717, 1.165) is 22.4 Å². The first-order chi connectivity index (χ1) is 28.7. The molecule has 0 amide bonds. The molecule has 1 atom stereocenters. The van der Waals surface area contributed by atoms with Crippen LogP contribution in [-0.2, 0) is 5.41 Å². The Hall–Kier alpha value is -7.42. The van der Waals surface area contributed by atoms with Crippen molar-refractivity contribution in [3.8, 4) is 39.1 Å². The van der Waals surface area contributed by atoms with Gasteiger partial charge in [-0.05, 0) is 119 Å². The van der Waals surface area contributed by atoms with E-state index in [4.69, 9.17) is 4.74 Å². The van der Waals surface area contributed by atoms with Crippen LogP contribution >= 0.6 is 0 Å². The van der Waals surface area contributed by atoms with Gasteiger partial charge in [-0.2, -0.15) is 0 Å². The maximum absolute atomic E-state index is 6.69. The molecule has 2 aliphatic rings. The number of rotatable bonds is 5. The van der Waals surface area contributed by atoms with E-state index >= 15 is 0 Å². The second kappa shape index (κ2) is 12.8. The van der Waals surface area contributed by atoms with Crippen molar-refractivity contribution in [3.63, 3.8) is 0 Å². The smallest absolute Gasteiger partial charge is 0.196 e. The fraction of sp³-hybridized carbons (Fsp3) is 0.0357. The minimum absolute atomic E-state index is 0.224. The minimum Gasteiger partial charge on any atom is -0.464 e. The van der Waals surface area contributed by atoms with Crippen LogP contribution in [0.5, 0.6) is 5.75 Å². The van der Waals surface area contributed by atoms with Gasteiger partial charge in [0.2, 0.25) is 0 Å². The molecule has 0 radical (unpaired) electrons. The van der Waals surface area contributed by atoms with Crippen LogP contribution < -0.4 is 10.1 Å². The highest BCUT2D eigenvalue weighted by Crippen LogP contribution is 2.57. The van der Waals surface area contributed by atoms with E-state index in [1.807, 2.05) is 6.07 Å². The highest BCUT2D eigenvalue weighted by molar-refractivity contribution is 6.14. The molecule has 0 bridgehead atoms. The molecular formula is C56H37NO. The monoisotopic (exact) mass is 739 g/mol. The summed E-state index contributed by atoms with van der Waals surface area (Å²) in [6.45, 7) is 0. The van der Waals surface area contributed by atoms with E-state index in [2.05, 4.69) is 212 Å². The van der Waals surface area contributed by atoms with Crippen molar-refractivity contribution in [1.29, 1.82) is 0 Å². The topological polar surface area (TPSA) is 21.3 Å². The summed E-state index contributed by atoms with van der Waals surface area (Å²) in [6.07, 6.45) is -0.224. The summed E-state index contributed by atoms with van der Waals surface area (Å²) in [4.78, 5) is 0. The Labute approximate surface area is 337 Å². The maximum atomic E-state index is 6.69. The number of nitrogens with one attached hydrogen (secondary N) is 1. The Morgan fingerprint density at radius 1 is 0.397 bits per heavy atom. The van der Waals surface area contributed by atoms with E-state index in [1.54, 1.807) is 0 Å². The van der Waals surface area contributed by atoms with Gasteiger partial charge >= 0.3 is 0 Å². The van der Waals surface area contributed by atoms with E-state index in [1.165, 1.54) is 82.6 Å². The predicted molar refractivity (Wildman–Crippen MR) is 241 cm³/mol. The number of ether oxygens (including phenoxy) is 1. The standard InChI is InChI=1S/C56H37NO/c1-4-13-38(14-5-1)55-57-52-30-28-37-25-23-36-24-26-43(32-48(36)53(37)54(52)58-55)39-17-12-18-40(31-39)44-27-29-47-49-33-41-15-10-11-16-42(41)34-51(49)56(50(47)35-44,45-19-6-2-7-20-45)46-21-8-3-9-22-46/h1-35,55,57H. The molecule has 12 rings (SSSR count). The van der Waals surface area contributed by atoms with Crippen LogP contribution in [0.1, 0.15) is 34.0 Å². The third-order valence-corrected chi connectivity index (χ3v) is 12.5. The molecule has 0 aromatic heterocycles. The lowest BCUT2D eigenvalue weighted by Crippen LogP contribution is -2.28. The number of hydrogen-bond donors (Lipinski definition) is 1. The lowest BCUT2D eigenvalue weighted by molar-refractivity contribution is 0.263. The summed E-state index contributed by atoms with van der Waals surface area (Å²) in [5, 5.41) is 10.8. The van der Waals surface area contributed by atoms with Crippen molar-refractivity contribution >= 4 is 38.0 Å². The van der Waals surface area contributed by atoms with Gasteiger partial charge in [0.05, 0.1) is 11.1 Å². The highest BCUT2D eigenvalue weighted by atomic mass is 16.5. The molecule has 0 saturated heterocycles. The molecule has 1 aliphatic heterocycles. The highest BCUT2D eigenvalue weighted by Gasteiger charge is 2.46. The van der Waals surface area contributed by atoms with E-state index in [0.29, 0.717) is 0 Å². The normalized spacial score (nSPS) is 14.8. The summed E-state index contributed by atoms with van der Waals surface area (Å²) < 4.78 is 6.69. The predicted octanol–water partition coefficient (Wildman–Crippen LogP) is 14.3. The molecule has 58 heavy (non-hydrogen) atoms. The fourth-order valence-electron chi connectivity index (χ4n) is 9.83. The van der Waals surface area contributed by atoms with Crippen molar-refractivity contribution in [1.82, 2.24) is 0 Å². The SMILES string of the molecule is c1ccc(C2Nc3ccc4ccc5ccc(-c6cccc(-c7ccc8c(c7)C(c7ccccc7)(c7ccccc7)c7cc9ccccc9cc7-8)c6)cc5c4c3O2)cc1. The van der Waals surface area contributed by atoms with Crippen LogP contribution in [0.2, 0.25) is 0 Å². The minimum atomic E-state index is -0.485.